The molecule has 22 heavy (non-hydrogen) atoms. The molecule has 0 saturated carbocycles. The van der Waals surface area contributed by atoms with Gasteiger partial charge < -0.3 is 24.8 Å². The highest BCUT2D eigenvalue weighted by Crippen LogP contribution is 2.35. The molecule has 0 spiro atoms. The Morgan fingerprint density at radius 3 is 2.82 bits per heavy atom. The van der Waals surface area contributed by atoms with Crippen LogP contribution in [0.5, 0.6) is 11.5 Å². The third kappa shape index (κ3) is 3.11. The number of hydrogen-bond donors (Lipinski definition) is 2. The van der Waals surface area contributed by atoms with Crippen molar-refractivity contribution in [3.63, 3.8) is 0 Å². The number of nitrogens with one attached hydrogen (secondary N) is 1. The Kier molecular flexibility index (Phi) is 3.64. The summed E-state index contributed by atoms with van der Waals surface area (Å²) in [6, 6.07) is 5.50. The van der Waals surface area contributed by atoms with E-state index in [0.717, 1.165) is 11.3 Å². The van der Waals surface area contributed by atoms with Crippen LogP contribution in [0.1, 0.15) is 32.4 Å². The van der Waals surface area contributed by atoms with Crippen LogP contribution in [-0.2, 0) is 4.74 Å². The van der Waals surface area contributed by atoms with E-state index in [1.165, 1.54) is 0 Å². The lowest BCUT2D eigenvalue weighted by Crippen LogP contribution is -2.61. The van der Waals surface area contributed by atoms with Gasteiger partial charge in [0.1, 0.15) is 23.7 Å². The molecule has 0 aromatic heterocycles. The lowest BCUT2D eigenvalue weighted by atomic mass is 10.0. The van der Waals surface area contributed by atoms with E-state index in [2.05, 4.69) is 5.32 Å². The van der Waals surface area contributed by atoms with Crippen molar-refractivity contribution in [1.29, 1.82) is 0 Å². The van der Waals surface area contributed by atoms with Gasteiger partial charge in [0.25, 0.3) is 0 Å². The molecule has 1 fully saturated rings. The van der Waals surface area contributed by atoms with Gasteiger partial charge in [-0.1, -0.05) is 0 Å². The number of ether oxygens (including phenoxy) is 2. The van der Waals surface area contributed by atoms with Crippen LogP contribution in [0.3, 0.4) is 0 Å². The average Bonchev–Trinajstić information content (AvgIpc) is 2.73. The Labute approximate surface area is 130 Å². The van der Waals surface area contributed by atoms with Crippen molar-refractivity contribution in [1.82, 2.24) is 10.2 Å². The van der Waals surface area contributed by atoms with Crippen molar-refractivity contribution in [2.24, 2.45) is 0 Å². The molecule has 2 aliphatic rings. The predicted octanol–water partition coefficient (Wildman–Crippen LogP) is 2.03. The number of hydrogen-bond acceptors (Lipinski definition) is 5. The lowest BCUT2D eigenvalue weighted by Gasteiger charge is -2.41. The normalized spacial score (nSPS) is 21.0. The number of fused-ring (bicyclic) bond motifs is 1. The van der Waals surface area contributed by atoms with E-state index in [4.69, 9.17) is 9.47 Å². The van der Waals surface area contributed by atoms with E-state index in [1.807, 2.05) is 26.8 Å². The molecule has 0 radical (unpaired) electrons. The number of phenols is 1. The highest BCUT2D eigenvalue weighted by Gasteiger charge is 2.36. The molecule has 2 N–H and O–H groups in total. The molecule has 2 heterocycles. The van der Waals surface area contributed by atoms with E-state index in [9.17, 15) is 9.90 Å². The van der Waals surface area contributed by atoms with Crippen LogP contribution < -0.4 is 10.1 Å². The van der Waals surface area contributed by atoms with E-state index in [1.54, 1.807) is 17.0 Å². The molecular formula is C16H22N2O4. The summed E-state index contributed by atoms with van der Waals surface area (Å²) in [6.07, 6.45) is -0.265. The molecule has 6 nitrogen and oxygen atoms in total. The van der Waals surface area contributed by atoms with Gasteiger partial charge in [-0.15, -0.1) is 0 Å². The van der Waals surface area contributed by atoms with Crippen molar-refractivity contribution in [3.05, 3.63) is 23.8 Å². The lowest BCUT2D eigenvalue weighted by molar-refractivity contribution is 0.00392. The summed E-state index contributed by atoms with van der Waals surface area (Å²) in [6.45, 7) is 7.41. The van der Waals surface area contributed by atoms with Crippen molar-refractivity contribution in [3.8, 4) is 11.5 Å². The highest BCUT2D eigenvalue weighted by molar-refractivity contribution is 5.69. The number of phenolic OH excluding ortho intramolecular Hbond substituents is 1. The smallest absolute Gasteiger partial charge is 0.410 e. The zero-order valence-corrected chi connectivity index (χ0v) is 13.1. The van der Waals surface area contributed by atoms with Crippen molar-refractivity contribution in [2.75, 3.05) is 19.7 Å². The molecule has 2 aliphatic heterocycles. The Morgan fingerprint density at radius 1 is 1.41 bits per heavy atom. The predicted molar refractivity (Wildman–Crippen MR) is 81.1 cm³/mol. The van der Waals surface area contributed by atoms with Gasteiger partial charge in [0, 0.05) is 30.8 Å². The Hall–Kier alpha value is -1.95. The second kappa shape index (κ2) is 5.35. The number of aromatic hydroxyl groups is 1. The van der Waals surface area contributed by atoms with Crippen LogP contribution in [0.4, 0.5) is 4.79 Å². The Balaban J connectivity index is 1.51. The molecule has 1 atom stereocenters. The number of carbonyl (C=O) groups excluding carboxylic acids is 1. The van der Waals surface area contributed by atoms with Gasteiger partial charge >= 0.3 is 6.09 Å². The van der Waals surface area contributed by atoms with Gasteiger partial charge in [-0.2, -0.15) is 0 Å². The number of nitrogens with zero attached hydrogens (tertiary/aromatic N) is 1. The summed E-state index contributed by atoms with van der Waals surface area (Å²) in [5, 5.41) is 12.9. The monoisotopic (exact) mass is 306 g/mol. The van der Waals surface area contributed by atoms with E-state index in [-0.39, 0.29) is 23.9 Å². The minimum Gasteiger partial charge on any atom is -0.508 e. The zero-order chi connectivity index (χ0) is 15.9. The third-order valence-corrected chi connectivity index (χ3v) is 3.75. The number of benzene rings is 1. The maximum atomic E-state index is 11.9. The van der Waals surface area contributed by atoms with Gasteiger partial charge in [-0.3, -0.25) is 0 Å². The zero-order valence-electron chi connectivity index (χ0n) is 13.1. The van der Waals surface area contributed by atoms with Crippen molar-refractivity contribution < 1.29 is 19.4 Å². The largest absolute Gasteiger partial charge is 0.508 e. The first kappa shape index (κ1) is 15.0. The van der Waals surface area contributed by atoms with Gasteiger partial charge in [0.15, 0.2) is 0 Å². The average molecular weight is 306 g/mol. The van der Waals surface area contributed by atoms with Gasteiger partial charge in [0.05, 0.1) is 6.04 Å². The van der Waals surface area contributed by atoms with Crippen molar-refractivity contribution >= 4 is 6.09 Å². The quantitative estimate of drug-likeness (QED) is 0.875. The molecule has 1 saturated heterocycles. The second-order valence-electron chi connectivity index (χ2n) is 6.83. The van der Waals surface area contributed by atoms with E-state index < -0.39 is 5.60 Å². The Morgan fingerprint density at radius 2 is 2.14 bits per heavy atom. The van der Waals surface area contributed by atoms with E-state index >= 15 is 0 Å². The van der Waals surface area contributed by atoms with Crippen LogP contribution in [0, 0.1) is 0 Å². The fourth-order valence-electron chi connectivity index (χ4n) is 2.68. The first-order chi connectivity index (χ1) is 10.3. The van der Waals surface area contributed by atoms with Gasteiger partial charge in [-0.05, 0) is 32.9 Å². The summed E-state index contributed by atoms with van der Waals surface area (Å²) in [5.41, 5.74) is 0.587. The van der Waals surface area contributed by atoms with E-state index in [0.29, 0.717) is 19.7 Å². The summed E-state index contributed by atoms with van der Waals surface area (Å²) in [4.78, 5) is 13.6. The highest BCUT2D eigenvalue weighted by atomic mass is 16.6. The van der Waals surface area contributed by atoms with Gasteiger partial charge in [-0.25, -0.2) is 4.79 Å². The van der Waals surface area contributed by atoms with Crippen LogP contribution in [0.2, 0.25) is 0 Å². The number of likely N-dealkylation sites (tertiary alicyclic amines) is 1. The standard InChI is InChI=1S/C16H22N2O4/c1-16(2,3)22-15(20)18-7-10(8-18)17-13-9-21-14-6-11(19)4-5-12(13)14/h4-6,10,13,17,19H,7-9H2,1-3H3. The van der Waals surface area contributed by atoms with Gasteiger partial charge in [0.2, 0.25) is 0 Å². The minimum absolute atomic E-state index is 0.0985. The van der Waals surface area contributed by atoms with Crippen LogP contribution in [0.15, 0.2) is 18.2 Å². The fraction of sp³-hybridized carbons (Fsp3) is 0.562. The number of amides is 1. The first-order valence-corrected chi connectivity index (χ1v) is 7.51. The first-order valence-electron chi connectivity index (χ1n) is 7.51. The van der Waals surface area contributed by atoms with Crippen LogP contribution in [0.25, 0.3) is 0 Å². The summed E-state index contributed by atoms with van der Waals surface area (Å²) >= 11 is 0. The SMILES string of the molecule is CC(C)(C)OC(=O)N1CC(NC2COc3cc(O)ccc32)C1. The molecule has 120 valence electrons. The molecular weight excluding hydrogens is 284 g/mol. The molecule has 0 bridgehead atoms. The Bertz CT molecular complexity index is 576. The second-order valence-corrected chi connectivity index (χ2v) is 6.83. The maximum absolute atomic E-state index is 11.9. The van der Waals surface area contributed by atoms with Crippen LogP contribution >= 0.6 is 0 Å². The number of carbonyl (C=O) groups is 1. The summed E-state index contributed by atoms with van der Waals surface area (Å²) in [7, 11) is 0. The molecule has 1 aromatic rings. The molecule has 3 rings (SSSR count). The minimum atomic E-state index is -0.462. The maximum Gasteiger partial charge on any atom is 0.410 e. The fourth-order valence-corrected chi connectivity index (χ4v) is 2.68. The molecule has 1 amide bonds. The topological polar surface area (TPSA) is 71.0 Å². The summed E-state index contributed by atoms with van der Waals surface area (Å²) in [5.74, 6) is 0.931. The third-order valence-electron chi connectivity index (χ3n) is 3.75. The van der Waals surface area contributed by atoms with Crippen LogP contribution in [-0.4, -0.2) is 47.4 Å². The molecule has 1 aromatic carbocycles. The molecule has 1 unspecified atom stereocenters. The summed E-state index contributed by atoms with van der Waals surface area (Å²) < 4.78 is 10.9. The molecule has 6 heteroatoms. The van der Waals surface area contributed by atoms with Crippen molar-refractivity contribution in [2.45, 2.75) is 38.5 Å². The number of rotatable bonds is 2. The molecule has 0 aliphatic carbocycles.